The fourth-order valence-electron chi connectivity index (χ4n) is 4.00. The van der Waals surface area contributed by atoms with Crippen molar-refractivity contribution < 1.29 is 5.11 Å². The molecule has 0 unspecified atom stereocenters. The zero-order valence-electron chi connectivity index (χ0n) is 14.4. The Labute approximate surface area is 143 Å². The molecule has 7 nitrogen and oxygen atoms in total. The molecule has 1 N–H and O–H groups in total. The Morgan fingerprint density at radius 2 is 1.17 bits per heavy atom. The predicted molar refractivity (Wildman–Crippen MR) is 94.7 cm³/mol. The largest absolute Gasteiger partial charge is 0.396 e. The molecule has 0 spiro atoms. The third-order valence-electron chi connectivity index (χ3n) is 5.44. The summed E-state index contributed by atoms with van der Waals surface area (Å²) < 4.78 is 0. The molecule has 3 saturated heterocycles. The van der Waals surface area contributed by atoms with Crippen LogP contribution >= 0.6 is 0 Å². The van der Waals surface area contributed by atoms with Gasteiger partial charge in [-0.25, -0.2) is 0 Å². The summed E-state index contributed by atoms with van der Waals surface area (Å²) in [4.78, 5) is 21.2. The van der Waals surface area contributed by atoms with Gasteiger partial charge >= 0.3 is 0 Å². The fraction of sp³-hybridized carbons (Fsp3) is 0.824. The Balaban J connectivity index is 1.63. The Hall–Kier alpha value is -1.63. The zero-order chi connectivity index (χ0) is 16.4. The summed E-state index contributed by atoms with van der Waals surface area (Å²) in [7, 11) is 0. The molecule has 3 aliphatic heterocycles. The van der Waals surface area contributed by atoms with Crippen LogP contribution in [-0.2, 0) is 0 Å². The topological polar surface area (TPSA) is 68.6 Å². The Morgan fingerprint density at radius 3 is 1.67 bits per heavy atom. The van der Waals surface area contributed by atoms with Crippen molar-refractivity contribution in [1.82, 2.24) is 15.0 Å². The summed E-state index contributed by atoms with van der Waals surface area (Å²) in [6, 6.07) is 0. The fourth-order valence-corrected chi connectivity index (χ4v) is 4.00. The number of hydrogen-bond acceptors (Lipinski definition) is 7. The quantitative estimate of drug-likeness (QED) is 0.891. The summed E-state index contributed by atoms with van der Waals surface area (Å²) in [5.41, 5.74) is 0. The molecule has 1 aromatic heterocycles. The SMILES string of the molecule is OC[C@@H]1CCCN(c2nc(N3CCCC3)nc(N3CCCC3)n2)C1. The Bertz CT molecular complexity index is 522. The van der Waals surface area contributed by atoms with Crippen molar-refractivity contribution in [3.8, 4) is 0 Å². The van der Waals surface area contributed by atoms with Gasteiger partial charge in [0.05, 0.1) is 0 Å². The van der Waals surface area contributed by atoms with E-state index >= 15 is 0 Å². The molecule has 0 amide bonds. The van der Waals surface area contributed by atoms with Gasteiger partial charge in [-0.15, -0.1) is 0 Å². The zero-order valence-corrected chi connectivity index (χ0v) is 14.4. The molecular formula is C17H28N6O. The smallest absolute Gasteiger partial charge is 0.231 e. The second kappa shape index (κ2) is 7.09. The first kappa shape index (κ1) is 15.9. The number of aliphatic hydroxyl groups excluding tert-OH is 1. The first-order valence-corrected chi connectivity index (χ1v) is 9.45. The molecule has 24 heavy (non-hydrogen) atoms. The van der Waals surface area contributed by atoms with Gasteiger partial charge in [0.2, 0.25) is 17.8 Å². The highest BCUT2D eigenvalue weighted by Crippen LogP contribution is 2.26. The molecular weight excluding hydrogens is 304 g/mol. The maximum atomic E-state index is 9.51. The average Bonchev–Trinajstić information content (AvgIpc) is 3.35. The predicted octanol–water partition coefficient (Wildman–Crippen LogP) is 1.28. The molecule has 0 saturated carbocycles. The maximum Gasteiger partial charge on any atom is 0.231 e. The summed E-state index contributed by atoms with van der Waals surface area (Å²) in [6.45, 7) is 6.24. The molecule has 4 rings (SSSR count). The summed E-state index contributed by atoms with van der Waals surface area (Å²) in [5.74, 6) is 2.81. The highest BCUT2D eigenvalue weighted by atomic mass is 16.3. The Morgan fingerprint density at radius 1 is 0.708 bits per heavy atom. The lowest BCUT2D eigenvalue weighted by Gasteiger charge is -2.32. The number of nitrogens with zero attached hydrogens (tertiary/aromatic N) is 6. The molecule has 0 radical (unpaired) electrons. The third-order valence-corrected chi connectivity index (χ3v) is 5.44. The van der Waals surface area contributed by atoms with Gasteiger partial charge in [-0.05, 0) is 44.4 Å². The van der Waals surface area contributed by atoms with Crippen molar-refractivity contribution in [3.05, 3.63) is 0 Å². The molecule has 3 aliphatic rings. The van der Waals surface area contributed by atoms with Crippen molar-refractivity contribution in [2.24, 2.45) is 5.92 Å². The van der Waals surface area contributed by atoms with E-state index in [1.54, 1.807) is 0 Å². The minimum Gasteiger partial charge on any atom is -0.396 e. The number of anilines is 3. The average molecular weight is 332 g/mol. The van der Waals surface area contributed by atoms with Crippen LogP contribution in [0.25, 0.3) is 0 Å². The van der Waals surface area contributed by atoms with Crippen LogP contribution in [0.3, 0.4) is 0 Å². The highest BCUT2D eigenvalue weighted by molar-refractivity contribution is 5.47. The molecule has 1 atom stereocenters. The number of piperidine rings is 1. The van der Waals surface area contributed by atoms with Crippen molar-refractivity contribution in [2.45, 2.75) is 38.5 Å². The van der Waals surface area contributed by atoms with Crippen LogP contribution in [-0.4, -0.2) is 65.9 Å². The molecule has 1 aromatic rings. The van der Waals surface area contributed by atoms with Gasteiger partial charge in [-0.3, -0.25) is 0 Å². The molecule has 0 bridgehead atoms. The minimum atomic E-state index is 0.250. The third kappa shape index (κ3) is 3.27. The lowest BCUT2D eigenvalue weighted by molar-refractivity contribution is 0.208. The molecule has 3 fully saturated rings. The summed E-state index contributed by atoms with van der Waals surface area (Å²) in [5, 5.41) is 9.51. The van der Waals surface area contributed by atoms with E-state index in [1.807, 2.05) is 0 Å². The van der Waals surface area contributed by atoms with Crippen molar-refractivity contribution in [3.63, 3.8) is 0 Å². The maximum absolute atomic E-state index is 9.51. The first-order valence-electron chi connectivity index (χ1n) is 9.45. The summed E-state index contributed by atoms with van der Waals surface area (Å²) in [6.07, 6.45) is 7.06. The van der Waals surface area contributed by atoms with Gasteiger partial charge in [0.15, 0.2) is 0 Å². The van der Waals surface area contributed by atoms with Crippen molar-refractivity contribution in [1.29, 1.82) is 0 Å². The standard InChI is InChI=1S/C17H28N6O/c24-13-14-6-5-11-23(12-14)17-19-15(21-7-1-2-8-21)18-16(20-17)22-9-3-4-10-22/h14,24H,1-13H2/t14-/m1/s1. The van der Waals surface area contributed by atoms with E-state index in [2.05, 4.69) is 14.7 Å². The van der Waals surface area contributed by atoms with Crippen LogP contribution in [0.1, 0.15) is 38.5 Å². The Kier molecular flexibility index (Phi) is 4.69. The van der Waals surface area contributed by atoms with Crippen molar-refractivity contribution in [2.75, 3.05) is 60.6 Å². The summed E-state index contributed by atoms with van der Waals surface area (Å²) >= 11 is 0. The van der Waals surface area contributed by atoms with Crippen LogP contribution in [0.15, 0.2) is 0 Å². The van der Waals surface area contributed by atoms with Gasteiger partial charge < -0.3 is 19.8 Å². The van der Waals surface area contributed by atoms with E-state index in [0.717, 1.165) is 70.0 Å². The van der Waals surface area contributed by atoms with E-state index in [9.17, 15) is 5.11 Å². The number of hydrogen-bond donors (Lipinski definition) is 1. The van der Waals surface area contributed by atoms with E-state index in [-0.39, 0.29) is 6.61 Å². The minimum absolute atomic E-state index is 0.250. The number of aliphatic hydroxyl groups is 1. The van der Waals surface area contributed by atoms with Gasteiger partial charge in [-0.1, -0.05) is 0 Å². The van der Waals surface area contributed by atoms with Gasteiger partial charge in [0, 0.05) is 45.9 Å². The van der Waals surface area contributed by atoms with Crippen LogP contribution < -0.4 is 14.7 Å². The van der Waals surface area contributed by atoms with E-state index in [1.165, 1.54) is 25.7 Å². The normalized spacial score (nSPS) is 24.9. The van der Waals surface area contributed by atoms with Crippen molar-refractivity contribution >= 4 is 17.8 Å². The number of aromatic nitrogens is 3. The molecule has 132 valence electrons. The van der Waals surface area contributed by atoms with Crippen LogP contribution in [0.4, 0.5) is 17.8 Å². The second-order valence-corrected chi connectivity index (χ2v) is 7.26. The van der Waals surface area contributed by atoms with E-state index < -0.39 is 0 Å². The van der Waals surface area contributed by atoms with Gasteiger partial charge in [0.1, 0.15) is 0 Å². The van der Waals surface area contributed by atoms with Gasteiger partial charge in [0.25, 0.3) is 0 Å². The first-order chi connectivity index (χ1) is 11.8. The van der Waals surface area contributed by atoms with Crippen LogP contribution in [0.5, 0.6) is 0 Å². The monoisotopic (exact) mass is 332 g/mol. The second-order valence-electron chi connectivity index (χ2n) is 7.26. The molecule has 0 aromatic carbocycles. The van der Waals surface area contributed by atoms with E-state index in [4.69, 9.17) is 15.0 Å². The molecule has 7 heteroatoms. The molecule has 4 heterocycles. The van der Waals surface area contributed by atoms with Crippen LogP contribution in [0, 0.1) is 5.92 Å². The lowest BCUT2D eigenvalue weighted by atomic mass is 9.99. The highest BCUT2D eigenvalue weighted by Gasteiger charge is 2.26. The van der Waals surface area contributed by atoms with Crippen LogP contribution in [0.2, 0.25) is 0 Å². The van der Waals surface area contributed by atoms with Gasteiger partial charge in [-0.2, -0.15) is 15.0 Å². The molecule has 0 aliphatic carbocycles. The number of rotatable bonds is 4. The lowest BCUT2D eigenvalue weighted by Crippen LogP contribution is -2.38. The van der Waals surface area contributed by atoms with E-state index in [0.29, 0.717) is 5.92 Å².